The smallest absolute Gasteiger partial charge is 0.394 e. The second-order valence-corrected chi connectivity index (χ2v) is 7.14. The Morgan fingerprint density at radius 3 is 2.48 bits per heavy atom. The first kappa shape index (κ1) is 19.3. The van der Waals surface area contributed by atoms with Crippen LogP contribution in [0, 0.1) is 11.8 Å². The zero-order valence-electron chi connectivity index (χ0n) is 14.8. The summed E-state index contributed by atoms with van der Waals surface area (Å²) in [6.07, 6.45) is -3.00. The van der Waals surface area contributed by atoms with E-state index in [1.54, 1.807) is 7.11 Å². The SMILES string of the molecule is COc1ccccc1C1(CNC(=O)N2C[C@@H](C(F)(F)F)[C@H](C(=O)O)C2)CC1. The van der Waals surface area contributed by atoms with Crippen LogP contribution >= 0.6 is 0 Å². The van der Waals surface area contributed by atoms with Crippen molar-refractivity contribution in [2.45, 2.75) is 24.4 Å². The number of alkyl halides is 3. The van der Waals surface area contributed by atoms with Gasteiger partial charge in [0.15, 0.2) is 0 Å². The van der Waals surface area contributed by atoms with Gasteiger partial charge in [-0.15, -0.1) is 0 Å². The number of carboxylic acid groups (broad SMARTS) is 1. The summed E-state index contributed by atoms with van der Waals surface area (Å²) in [5.41, 5.74) is 0.656. The van der Waals surface area contributed by atoms with Crippen LogP contribution in [0.1, 0.15) is 18.4 Å². The maximum absolute atomic E-state index is 13.1. The quantitative estimate of drug-likeness (QED) is 0.816. The molecule has 2 atom stereocenters. The average molecular weight is 386 g/mol. The highest BCUT2D eigenvalue weighted by Crippen LogP contribution is 2.50. The summed E-state index contributed by atoms with van der Waals surface area (Å²) in [4.78, 5) is 24.4. The van der Waals surface area contributed by atoms with Gasteiger partial charge in [-0.1, -0.05) is 18.2 Å². The van der Waals surface area contributed by atoms with Crippen molar-refractivity contribution in [3.8, 4) is 5.75 Å². The Labute approximate surface area is 154 Å². The van der Waals surface area contributed by atoms with Crippen LogP contribution in [-0.2, 0) is 10.2 Å². The molecule has 1 saturated carbocycles. The monoisotopic (exact) mass is 386 g/mol. The highest BCUT2D eigenvalue weighted by molar-refractivity contribution is 5.78. The van der Waals surface area contributed by atoms with Gasteiger partial charge < -0.3 is 20.1 Å². The van der Waals surface area contributed by atoms with E-state index in [4.69, 9.17) is 9.84 Å². The lowest BCUT2D eigenvalue weighted by molar-refractivity contribution is -0.187. The number of amides is 2. The molecule has 0 aromatic heterocycles. The van der Waals surface area contributed by atoms with E-state index in [1.807, 2.05) is 24.3 Å². The van der Waals surface area contributed by atoms with Crippen LogP contribution in [-0.4, -0.2) is 54.9 Å². The van der Waals surface area contributed by atoms with Crippen LogP contribution < -0.4 is 10.1 Å². The minimum Gasteiger partial charge on any atom is -0.496 e. The van der Waals surface area contributed by atoms with Crippen LogP contribution in [0.3, 0.4) is 0 Å². The number of aliphatic carboxylic acids is 1. The number of nitrogens with zero attached hydrogens (tertiary/aromatic N) is 1. The molecule has 6 nitrogen and oxygen atoms in total. The first-order valence-electron chi connectivity index (χ1n) is 8.64. The molecular weight excluding hydrogens is 365 g/mol. The molecule has 148 valence electrons. The van der Waals surface area contributed by atoms with Crippen LogP contribution in [0.2, 0.25) is 0 Å². The fourth-order valence-corrected chi connectivity index (χ4v) is 3.68. The van der Waals surface area contributed by atoms with Gasteiger partial charge in [0, 0.05) is 30.6 Å². The maximum atomic E-state index is 13.1. The zero-order valence-corrected chi connectivity index (χ0v) is 14.8. The van der Waals surface area contributed by atoms with Crippen molar-refractivity contribution in [2.24, 2.45) is 11.8 Å². The molecular formula is C18H21F3N2O4. The maximum Gasteiger partial charge on any atom is 0.394 e. The van der Waals surface area contributed by atoms with Crippen molar-refractivity contribution in [1.29, 1.82) is 0 Å². The largest absolute Gasteiger partial charge is 0.496 e. The molecule has 1 aliphatic carbocycles. The molecule has 1 saturated heterocycles. The summed E-state index contributed by atoms with van der Waals surface area (Å²) in [7, 11) is 1.56. The number of methoxy groups -OCH3 is 1. The standard InChI is InChI=1S/C18H21F3N2O4/c1-27-14-5-3-2-4-12(14)17(6-7-17)10-22-16(26)23-8-11(15(24)25)13(9-23)18(19,20)21/h2-5,11,13H,6-10H2,1H3,(H,22,26)(H,24,25)/t11-,13-/m1/s1. The van der Waals surface area contributed by atoms with Gasteiger partial charge in [0.2, 0.25) is 0 Å². The van der Waals surface area contributed by atoms with Crippen LogP contribution in [0.15, 0.2) is 24.3 Å². The fraction of sp³-hybridized carbons (Fsp3) is 0.556. The number of hydrogen-bond donors (Lipinski definition) is 2. The molecule has 0 bridgehead atoms. The molecule has 0 unspecified atom stereocenters. The van der Waals surface area contributed by atoms with Crippen molar-refractivity contribution >= 4 is 12.0 Å². The third-order valence-corrected chi connectivity index (χ3v) is 5.45. The molecule has 0 spiro atoms. The lowest BCUT2D eigenvalue weighted by atomic mass is 9.95. The summed E-state index contributed by atoms with van der Waals surface area (Å²) in [6, 6.07) is 6.77. The molecule has 2 fully saturated rings. The molecule has 0 radical (unpaired) electrons. The topological polar surface area (TPSA) is 78.9 Å². The second-order valence-electron chi connectivity index (χ2n) is 7.14. The van der Waals surface area contributed by atoms with E-state index in [0.717, 1.165) is 23.3 Å². The van der Waals surface area contributed by atoms with E-state index in [2.05, 4.69) is 5.32 Å². The molecule has 9 heteroatoms. The molecule has 1 aromatic rings. The van der Waals surface area contributed by atoms with Gasteiger partial charge in [0.05, 0.1) is 18.9 Å². The van der Waals surface area contributed by atoms with Crippen LogP contribution in [0.5, 0.6) is 5.75 Å². The van der Waals surface area contributed by atoms with Crippen molar-refractivity contribution in [1.82, 2.24) is 10.2 Å². The predicted molar refractivity (Wildman–Crippen MR) is 89.5 cm³/mol. The molecule has 2 aliphatic rings. The van der Waals surface area contributed by atoms with E-state index in [0.29, 0.717) is 5.75 Å². The number of likely N-dealkylation sites (tertiary alicyclic amines) is 1. The van der Waals surface area contributed by atoms with Crippen molar-refractivity contribution < 1.29 is 32.6 Å². The van der Waals surface area contributed by atoms with Gasteiger partial charge in [-0.2, -0.15) is 13.2 Å². The summed E-state index contributed by atoms with van der Waals surface area (Å²) >= 11 is 0. The third-order valence-electron chi connectivity index (χ3n) is 5.45. The Balaban J connectivity index is 1.65. The van der Waals surface area contributed by atoms with Gasteiger partial charge in [-0.25, -0.2) is 4.79 Å². The Bertz CT molecular complexity index is 734. The lowest BCUT2D eigenvalue weighted by Gasteiger charge is -2.22. The summed E-state index contributed by atoms with van der Waals surface area (Å²) in [5, 5.41) is 11.7. The number of halogens is 3. The molecule has 1 heterocycles. The molecule has 2 N–H and O–H groups in total. The number of carboxylic acids is 1. The van der Waals surface area contributed by atoms with E-state index < -0.39 is 43.1 Å². The van der Waals surface area contributed by atoms with Crippen molar-refractivity contribution in [3.63, 3.8) is 0 Å². The number of para-hydroxylation sites is 1. The Kier molecular flexibility index (Phi) is 4.96. The molecule has 1 aromatic carbocycles. The number of ether oxygens (including phenoxy) is 1. The van der Waals surface area contributed by atoms with Crippen LogP contribution in [0.4, 0.5) is 18.0 Å². The van der Waals surface area contributed by atoms with Gasteiger partial charge in [0.1, 0.15) is 5.75 Å². The predicted octanol–water partition coefficient (Wildman–Crippen LogP) is 2.63. The zero-order chi connectivity index (χ0) is 19.8. The number of rotatable bonds is 5. The van der Waals surface area contributed by atoms with E-state index in [9.17, 15) is 22.8 Å². The van der Waals surface area contributed by atoms with Gasteiger partial charge in [0.25, 0.3) is 0 Å². The Hall–Kier alpha value is -2.45. The number of benzene rings is 1. The van der Waals surface area contributed by atoms with E-state index in [1.165, 1.54) is 0 Å². The normalized spacial score (nSPS) is 23.8. The van der Waals surface area contributed by atoms with E-state index in [-0.39, 0.29) is 12.0 Å². The highest BCUT2D eigenvalue weighted by atomic mass is 19.4. The number of carbonyl (C=O) groups excluding carboxylic acids is 1. The Morgan fingerprint density at radius 1 is 1.30 bits per heavy atom. The molecule has 1 aliphatic heterocycles. The van der Waals surface area contributed by atoms with Crippen LogP contribution in [0.25, 0.3) is 0 Å². The summed E-state index contributed by atoms with van der Waals surface area (Å²) in [6.45, 7) is -0.835. The van der Waals surface area contributed by atoms with Crippen molar-refractivity contribution in [3.05, 3.63) is 29.8 Å². The van der Waals surface area contributed by atoms with E-state index >= 15 is 0 Å². The molecule has 2 amide bonds. The number of urea groups is 1. The van der Waals surface area contributed by atoms with Gasteiger partial charge in [-0.05, 0) is 18.9 Å². The minimum atomic E-state index is -4.66. The molecule has 3 rings (SSSR count). The lowest BCUT2D eigenvalue weighted by Crippen LogP contribution is -2.42. The Morgan fingerprint density at radius 2 is 1.96 bits per heavy atom. The van der Waals surface area contributed by atoms with Crippen molar-refractivity contribution in [2.75, 3.05) is 26.7 Å². The molecule has 27 heavy (non-hydrogen) atoms. The first-order chi connectivity index (χ1) is 12.7. The first-order valence-corrected chi connectivity index (χ1v) is 8.64. The fourth-order valence-electron chi connectivity index (χ4n) is 3.68. The van der Waals surface area contributed by atoms with Gasteiger partial charge in [-0.3, -0.25) is 4.79 Å². The second kappa shape index (κ2) is 6.94. The highest BCUT2D eigenvalue weighted by Gasteiger charge is 2.54. The number of hydrogen-bond acceptors (Lipinski definition) is 3. The number of nitrogens with one attached hydrogen (secondary N) is 1. The average Bonchev–Trinajstić information content (AvgIpc) is 3.26. The third kappa shape index (κ3) is 3.81. The minimum absolute atomic E-state index is 0.261. The summed E-state index contributed by atoms with van der Waals surface area (Å²) in [5.74, 6) is -4.53. The number of carbonyl (C=O) groups is 2. The summed E-state index contributed by atoms with van der Waals surface area (Å²) < 4.78 is 44.5. The van der Waals surface area contributed by atoms with Gasteiger partial charge >= 0.3 is 18.2 Å².